The van der Waals surface area contributed by atoms with Crippen LogP contribution in [-0.4, -0.2) is 18.7 Å². The molecule has 0 bridgehead atoms. The van der Waals surface area contributed by atoms with Crippen molar-refractivity contribution in [1.29, 1.82) is 0 Å². The minimum atomic E-state index is -0.586. The van der Waals surface area contributed by atoms with Gasteiger partial charge in [-0.05, 0) is 31.0 Å². The Labute approximate surface area is 111 Å². The molecule has 0 spiro atoms. The van der Waals surface area contributed by atoms with Gasteiger partial charge in [0.05, 0.1) is 16.3 Å². The highest BCUT2D eigenvalue weighted by atomic mass is 35.5. The van der Waals surface area contributed by atoms with Crippen LogP contribution in [0.4, 0.5) is 10.1 Å². The van der Waals surface area contributed by atoms with Gasteiger partial charge in [0.2, 0.25) is 0 Å². The molecule has 0 radical (unpaired) electrons. The highest BCUT2D eigenvalue weighted by Crippen LogP contribution is 2.47. The number of rotatable bonds is 6. The van der Waals surface area contributed by atoms with E-state index in [0.717, 1.165) is 12.2 Å². The molecule has 0 aliphatic rings. The lowest BCUT2D eigenvalue weighted by molar-refractivity contribution is 0.112. The van der Waals surface area contributed by atoms with E-state index in [0.29, 0.717) is 12.0 Å². The molecule has 1 rings (SSSR count). The number of hydrogen-bond donors (Lipinski definition) is 1. The number of nitrogens with one attached hydrogen (secondary N) is 1. The third-order valence-electron chi connectivity index (χ3n) is 2.01. The Bertz CT molecular complexity index is 405. The van der Waals surface area contributed by atoms with E-state index in [1.165, 1.54) is 6.07 Å². The van der Waals surface area contributed by atoms with E-state index in [-0.39, 0.29) is 10.6 Å². The van der Waals surface area contributed by atoms with Crippen LogP contribution in [0.1, 0.15) is 23.7 Å². The van der Waals surface area contributed by atoms with Crippen LogP contribution in [-0.2, 0) is 0 Å². The van der Waals surface area contributed by atoms with Gasteiger partial charge >= 0.3 is 0 Å². The Kier molecular flexibility index (Phi) is 6.24. The first-order chi connectivity index (χ1) is 8.10. The summed E-state index contributed by atoms with van der Waals surface area (Å²) in [6.07, 6.45) is 1.55. The molecule has 6 heteroatoms. The Morgan fingerprint density at radius 3 is 2.88 bits per heavy atom. The molecule has 94 valence electrons. The predicted octanol–water partition coefficient (Wildman–Crippen LogP) is 4.79. The van der Waals surface area contributed by atoms with Crippen molar-refractivity contribution in [2.45, 2.75) is 13.3 Å². The first-order valence-corrected chi connectivity index (χ1v) is 8.92. The number of carbonyl (C=O) groups is 1. The lowest BCUT2D eigenvalue weighted by Crippen LogP contribution is -1.96. The molecule has 2 nitrogen and oxygen atoms in total. The van der Waals surface area contributed by atoms with Gasteiger partial charge in [0.25, 0.3) is 0 Å². The van der Waals surface area contributed by atoms with E-state index < -0.39 is 13.1 Å². The standard InChI is InChI=1S/C11H14ClFNOPS/c1-3-6-17-16(2)14-10-5-4-9(13)8(7-15)11(10)12/h4-5,7,14H,3,6H2,1-2H3. The monoisotopic (exact) mass is 293 g/mol. The smallest absolute Gasteiger partial charge is 0.154 e. The normalized spacial score (nSPS) is 12.2. The molecule has 0 aromatic heterocycles. The fraction of sp³-hybridized carbons (Fsp3) is 0.364. The molecular formula is C11H14ClFNOPS. The summed E-state index contributed by atoms with van der Waals surface area (Å²) in [5.74, 6) is 0.478. The van der Waals surface area contributed by atoms with Crippen LogP contribution in [0.3, 0.4) is 0 Å². The topological polar surface area (TPSA) is 29.1 Å². The van der Waals surface area contributed by atoms with Crippen LogP contribution < -0.4 is 5.09 Å². The van der Waals surface area contributed by atoms with Gasteiger partial charge in [-0.15, -0.1) is 11.4 Å². The van der Waals surface area contributed by atoms with Gasteiger partial charge in [-0.2, -0.15) is 0 Å². The Morgan fingerprint density at radius 2 is 2.29 bits per heavy atom. The average molecular weight is 294 g/mol. The molecule has 1 N–H and O–H groups in total. The second-order valence-corrected chi connectivity index (χ2v) is 8.06. The van der Waals surface area contributed by atoms with E-state index >= 15 is 0 Å². The predicted molar refractivity (Wildman–Crippen MR) is 76.0 cm³/mol. The summed E-state index contributed by atoms with van der Waals surface area (Å²) in [4.78, 5) is 10.7. The summed E-state index contributed by atoms with van der Waals surface area (Å²) in [5, 5.41) is 3.38. The molecule has 0 aliphatic carbocycles. The van der Waals surface area contributed by atoms with Crippen molar-refractivity contribution in [2.75, 3.05) is 17.5 Å². The summed E-state index contributed by atoms with van der Waals surface area (Å²) in [6, 6.07) is 2.82. The Hall–Kier alpha value is -0.310. The molecule has 1 atom stereocenters. The molecule has 0 heterocycles. The molecule has 0 amide bonds. The van der Waals surface area contributed by atoms with Gasteiger partial charge in [0.15, 0.2) is 6.29 Å². The minimum absolute atomic E-state index is 0.0828. The van der Waals surface area contributed by atoms with Gasteiger partial charge < -0.3 is 5.09 Å². The second-order valence-electron chi connectivity index (χ2n) is 3.38. The first kappa shape index (κ1) is 14.7. The quantitative estimate of drug-likeness (QED) is 0.604. The number of benzene rings is 1. The molecule has 0 saturated carbocycles. The van der Waals surface area contributed by atoms with Gasteiger partial charge in [-0.3, -0.25) is 4.79 Å². The van der Waals surface area contributed by atoms with Crippen molar-refractivity contribution < 1.29 is 9.18 Å². The third-order valence-corrected chi connectivity index (χ3v) is 5.94. The van der Waals surface area contributed by atoms with Gasteiger partial charge in [0.1, 0.15) is 5.82 Å². The van der Waals surface area contributed by atoms with Crippen LogP contribution in [0.5, 0.6) is 0 Å². The van der Waals surface area contributed by atoms with E-state index in [2.05, 4.69) is 18.7 Å². The molecular weight excluding hydrogens is 280 g/mol. The molecule has 1 aromatic rings. The molecule has 1 unspecified atom stereocenters. The van der Waals surface area contributed by atoms with Crippen LogP contribution in [0.2, 0.25) is 5.02 Å². The molecule has 0 fully saturated rings. The first-order valence-electron chi connectivity index (χ1n) is 5.16. The summed E-state index contributed by atoms with van der Waals surface area (Å²) in [5.41, 5.74) is 0.535. The van der Waals surface area contributed by atoms with Crippen molar-refractivity contribution in [3.05, 3.63) is 28.5 Å². The van der Waals surface area contributed by atoms with E-state index in [1.807, 2.05) is 11.4 Å². The zero-order valence-corrected chi connectivity index (χ0v) is 12.1. The van der Waals surface area contributed by atoms with E-state index in [4.69, 9.17) is 11.6 Å². The highest BCUT2D eigenvalue weighted by Gasteiger charge is 2.12. The summed E-state index contributed by atoms with van der Waals surface area (Å²) in [6.45, 7) is 4.18. The summed E-state index contributed by atoms with van der Waals surface area (Å²) < 4.78 is 13.2. The number of aldehydes is 1. The minimum Gasteiger partial charge on any atom is -0.355 e. The Balaban J connectivity index is 2.81. The van der Waals surface area contributed by atoms with Gasteiger partial charge in [0, 0.05) is 7.27 Å². The number of hydrogen-bond acceptors (Lipinski definition) is 3. The summed E-state index contributed by atoms with van der Waals surface area (Å²) in [7, 11) is -0.462. The van der Waals surface area contributed by atoms with Gasteiger partial charge in [-0.1, -0.05) is 18.5 Å². The Morgan fingerprint density at radius 1 is 1.59 bits per heavy atom. The van der Waals surface area contributed by atoms with Crippen LogP contribution in [0, 0.1) is 5.82 Å². The zero-order valence-electron chi connectivity index (χ0n) is 9.67. The maximum Gasteiger partial charge on any atom is 0.154 e. The average Bonchev–Trinajstić information content (AvgIpc) is 2.31. The molecule has 1 aromatic carbocycles. The molecule has 0 saturated heterocycles. The molecule has 0 aliphatic heterocycles. The van der Waals surface area contributed by atoms with E-state index in [1.54, 1.807) is 6.07 Å². The van der Waals surface area contributed by atoms with Crippen LogP contribution >= 0.6 is 30.3 Å². The zero-order chi connectivity index (χ0) is 12.8. The van der Waals surface area contributed by atoms with Crippen LogP contribution in [0.25, 0.3) is 0 Å². The molecule has 17 heavy (non-hydrogen) atoms. The van der Waals surface area contributed by atoms with Crippen molar-refractivity contribution in [1.82, 2.24) is 0 Å². The van der Waals surface area contributed by atoms with Crippen molar-refractivity contribution in [3.8, 4) is 0 Å². The lowest BCUT2D eigenvalue weighted by Gasteiger charge is -2.16. The lowest BCUT2D eigenvalue weighted by atomic mass is 10.2. The number of halogens is 2. The second kappa shape index (κ2) is 7.20. The highest BCUT2D eigenvalue weighted by molar-refractivity contribution is 8.55. The maximum atomic E-state index is 13.2. The van der Waals surface area contributed by atoms with E-state index in [9.17, 15) is 9.18 Å². The fourth-order valence-electron chi connectivity index (χ4n) is 1.19. The summed E-state index contributed by atoms with van der Waals surface area (Å²) >= 11 is 7.77. The maximum absolute atomic E-state index is 13.2. The number of anilines is 1. The SMILES string of the molecule is CCCSP(C)Nc1ccc(F)c(C=O)c1Cl. The van der Waals surface area contributed by atoms with Crippen LogP contribution in [0.15, 0.2) is 12.1 Å². The van der Waals surface area contributed by atoms with Gasteiger partial charge in [-0.25, -0.2) is 4.39 Å². The third kappa shape index (κ3) is 4.13. The fourth-order valence-corrected chi connectivity index (χ4v) is 4.41. The van der Waals surface area contributed by atoms with Crippen molar-refractivity contribution in [2.24, 2.45) is 0 Å². The number of carbonyl (C=O) groups excluding carboxylic acids is 1. The van der Waals surface area contributed by atoms with Crippen molar-refractivity contribution in [3.63, 3.8) is 0 Å². The van der Waals surface area contributed by atoms with Crippen molar-refractivity contribution >= 4 is 42.2 Å². The largest absolute Gasteiger partial charge is 0.355 e.